The summed E-state index contributed by atoms with van der Waals surface area (Å²) in [5, 5.41) is 10.7. The van der Waals surface area contributed by atoms with E-state index in [4.69, 9.17) is 23.2 Å². The molecule has 11 heteroatoms. The Hall–Kier alpha value is -3.69. The lowest BCUT2D eigenvalue weighted by Gasteiger charge is -2.35. The van der Waals surface area contributed by atoms with E-state index in [0.29, 0.717) is 40.1 Å². The summed E-state index contributed by atoms with van der Waals surface area (Å²) in [5.41, 5.74) is 2.83. The van der Waals surface area contributed by atoms with Crippen LogP contribution in [-0.4, -0.2) is 68.7 Å². The lowest BCUT2D eigenvalue weighted by molar-refractivity contribution is -0.119. The molecule has 0 spiro atoms. The fraction of sp³-hybridized carbons (Fsp3) is 0.300. The highest BCUT2D eigenvalue weighted by Gasteiger charge is 2.47. The van der Waals surface area contributed by atoms with Gasteiger partial charge in [0.25, 0.3) is 11.8 Å². The second-order valence-electron chi connectivity index (χ2n) is 11.0. The van der Waals surface area contributed by atoms with Gasteiger partial charge >= 0.3 is 6.03 Å². The highest BCUT2D eigenvalue weighted by Crippen LogP contribution is 2.42. The molecule has 3 aromatic rings. The van der Waals surface area contributed by atoms with Crippen LogP contribution in [0, 0.1) is 0 Å². The number of hydrogen-bond acceptors (Lipinski definition) is 4. The van der Waals surface area contributed by atoms with Crippen molar-refractivity contribution in [2.45, 2.75) is 30.8 Å². The standard InChI is InChI=1S/C30H32BCl2N5O3/c1-37(2)29(41)38-12-4-7-22(17-38)34-27(39)23-10-8-19(31)14-25(23)36-30(16-18-5-3-6-20(32)13-18)24-11-9-21(33)15-26(24)35-28(30)40/h3,5-6,8-11,13-15,22,36H,4,7,12,16-17,31H2,1-2H3,(H,34,39)(H,35,40). The van der Waals surface area contributed by atoms with E-state index in [1.807, 2.05) is 44.2 Å². The number of likely N-dealkylation sites (tertiary alicyclic amines) is 1. The third kappa shape index (κ3) is 6.02. The van der Waals surface area contributed by atoms with Gasteiger partial charge in [-0.1, -0.05) is 52.9 Å². The maximum atomic E-state index is 13.8. The van der Waals surface area contributed by atoms with Gasteiger partial charge in [-0.3, -0.25) is 9.59 Å². The molecule has 212 valence electrons. The molecule has 2 unspecified atom stereocenters. The molecule has 41 heavy (non-hydrogen) atoms. The summed E-state index contributed by atoms with van der Waals surface area (Å²) in [4.78, 5) is 43.3. The Morgan fingerprint density at radius 2 is 1.88 bits per heavy atom. The molecule has 8 nitrogen and oxygen atoms in total. The van der Waals surface area contributed by atoms with Crippen molar-refractivity contribution in [2.24, 2.45) is 0 Å². The molecule has 4 amide bonds. The second-order valence-corrected chi connectivity index (χ2v) is 11.8. The van der Waals surface area contributed by atoms with Gasteiger partial charge < -0.3 is 25.8 Å². The van der Waals surface area contributed by atoms with Gasteiger partial charge in [0.05, 0.1) is 5.56 Å². The highest BCUT2D eigenvalue weighted by molar-refractivity contribution is 6.33. The van der Waals surface area contributed by atoms with Crippen LogP contribution in [0.2, 0.25) is 10.0 Å². The molecule has 1 saturated heterocycles. The first-order chi connectivity index (χ1) is 19.6. The number of anilines is 2. The molecule has 5 rings (SSSR count). The van der Waals surface area contributed by atoms with Crippen LogP contribution in [0.3, 0.4) is 0 Å². The monoisotopic (exact) mass is 591 g/mol. The van der Waals surface area contributed by atoms with Crippen molar-refractivity contribution in [3.05, 3.63) is 87.4 Å². The number of fused-ring (bicyclic) bond motifs is 1. The average Bonchev–Trinajstić information content (AvgIpc) is 3.17. The molecule has 1 fully saturated rings. The van der Waals surface area contributed by atoms with Crippen molar-refractivity contribution < 1.29 is 14.4 Å². The molecular weight excluding hydrogens is 560 g/mol. The van der Waals surface area contributed by atoms with Crippen molar-refractivity contribution >= 4 is 65.7 Å². The molecule has 3 aromatic carbocycles. The number of benzene rings is 3. The second kappa shape index (κ2) is 11.7. The number of hydrogen-bond donors (Lipinski definition) is 3. The third-order valence-corrected chi connectivity index (χ3v) is 8.08. The van der Waals surface area contributed by atoms with Gasteiger partial charge in [-0.2, -0.15) is 0 Å². The summed E-state index contributed by atoms with van der Waals surface area (Å²) < 4.78 is 0. The maximum absolute atomic E-state index is 13.8. The quantitative estimate of drug-likeness (QED) is 0.382. The van der Waals surface area contributed by atoms with Gasteiger partial charge in [0, 0.05) is 66.6 Å². The summed E-state index contributed by atoms with van der Waals surface area (Å²) in [6.45, 7) is 1.10. The first-order valence-electron chi connectivity index (χ1n) is 13.6. The van der Waals surface area contributed by atoms with Crippen molar-refractivity contribution in [1.29, 1.82) is 0 Å². The van der Waals surface area contributed by atoms with Gasteiger partial charge in [0.15, 0.2) is 0 Å². The molecule has 0 bridgehead atoms. The van der Waals surface area contributed by atoms with Gasteiger partial charge in [0.2, 0.25) is 0 Å². The largest absolute Gasteiger partial charge is 0.367 e. The van der Waals surface area contributed by atoms with Crippen LogP contribution in [-0.2, 0) is 16.8 Å². The summed E-state index contributed by atoms with van der Waals surface area (Å²) in [5.74, 6) is -0.531. The first-order valence-corrected chi connectivity index (χ1v) is 14.3. The molecular formula is C30H32BCl2N5O3. The molecule has 0 radical (unpaired) electrons. The average molecular weight is 592 g/mol. The van der Waals surface area contributed by atoms with E-state index in [2.05, 4.69) is 16.0 Å². The van der Waals surface area contributed by atoms with Gasteiger partial charge in [-0.25, -0.2) is 4.79 Å². The van der Waals surface area contributed by atoms with Crippen LogP contribution in [0.1, 0.15) is 34.3 Å². The van der Waals surface area contributed by atoms with Crippen molar-refractivity contribution in [3.63, 3.8) is 0 Å². The van der Waals surface area contributed by atoms with Crippen molar-refractivity contribution in [1.82, 2.24) is 15.1 Å². The number of halogens is 2. The smallest absolute Gasteiger partial charge is 0.319 e. The number of carbonyl (C=O) groups is 3. The number of urea groups is 1. The Labute approximate surface area is 250 Å². The molecule has 2 atom stereocenters. The molecule has 2 aliphatic heterocycles. The van der Waals surface area contributed by atoms with Gasteiger partial charge in [0.1, 0.15) is 13.4 Å². The van der Waals surface area contributed by atoms with E-state index in [1.165, 1.54) is 0 Å². The number of amides is 4. The Bertz CT molecular complexity index is 1520. The number of piperidine rings is 1. The SMILES string of the molecule is Bc1ccc(C(=O)NC2CCCN(C(=O)N(C)C)C2)c(NC2(Cc3cccc(Cl)c3)C(=O)Nc3cc(Cl)ccc32)c1. The Balaban J connectivity index is 1.49. The van der Waals surface area contributed by atoms with E-state index < -0.39 is 5.54 Å². The minimum Gasteiger partial charge on any atom is -0.367 e. The number of nitrogens with one attached hydrogen (secondary N) is 3. The van der Waals surface area contributed by atoms with E-state index in [1.54, 1.807) is 48.2 Å². The Morgan fingerprint density at radius 3 is 2.63 bits per heavy atom. The topological polar surface area (TPSA) is 93.8 Å². The summed E-state index contributed by atoms with van der Waals surface area (Å²) in [6, 6.07) is 17.9. The van der Waals surface area contributed by atoms with Crippen LogP contribution in [0.4, 0.5) is 16.2 Å². The highest BCUT2D eigenvalue weighted by atomic mass is 35.5. The summed E-state index contributed by atoms with van der Waals surface area (Å²) in [6.07, 6.45) is 1.85. The number of rotatable bonds is 6. The number of nitrogens with zero attached hydrogens (tertiary/aromatic N) is 2. The third-order valence-electron chi connectivity index (χ3n) is 7.61. The fourth-order valence-corrected chi connectivity index (χ4v) is 6.03. The van der Waals surface area contributed by atoms with Crippen molar-refractivity contribution in [2.75, 3.05) is 37.8 Å². The first kappa shape index (κ1) is 28.8. The molecule has 2 heterocycles. The van der Waals surface area contributed by atoms with Crippen molar-refractivity contribution in [3.8, 4) is 0 Å². The van der Waals surface area contributed by atoms with Gasteiger partial charge in [-0.15, -0.1) is 0 Å². The predicted molar refractivity (Wildman–Crippen MR) is 166 cm³/mol. The zero-order chi connectivity index (χ0) is 29.3. The maximum Gasteiger partial charge on any atom is 0.319 e. The van der Waals surface area contributed by atoms with Gasteiger partial charge in [-0.05, 0) is 54.8 Å². The van der Waals surface area contributed by atoms with Crippen LogP contribution < -0.4 is 21.4 Å². The van der Waals surface area contributed by atoms with Crippen LogP contribution in [0.25, 0.3) is 0 Å². The minimum atomic E-state index is -1.23. The van der Waals surface area contributed by atoms with Crippen LogP contribution in [0.5, 0.6) is 0 Å². The lowest BCUT2D eigenvalue weighted by Crippen LogP contribution is -2.52. The van der Waals surface area contributed by atoms with Crippen LogP contribution >= 0.6 is 23.2 Å². The predicted octanol–water partition coefficient (Wildman–Crippen LogP) is 3.63. The normalized spacial score (nSPS) is 19.8. The number of carbonyl (C=O) groups excluding carboxylic acids is 3. The minimum absolute atomic E-state index is 0.0735. The van der Waals surface area contributed by atoms with E-state index >= 15 is 0 Å². The molecule has 2 aliphatic rings. The van der Waals surface area contributed by atoms with E-state index in [9.17, 15) is 14.4 Å². The molecule has 0 aliphatic carbocycles. The van der Waals surface area contributed by atoms with Crippen LogP contribution in [0.15, 0.2) is 60.7 Å². The molecule has 0 aromatic heterocycles. The zero-order valence-corrected chi connectivity index (χ0v) is 24.8. The molecule has 3 N–H and O–H groups in total. The molecule has 0 saturated carbocycles. The summed E-state index contributed by atoms with van der Waals surface area (Å²) >= 11 is 12.6. The Morgan fingerprint density at radius 1 is 1.10 bits per heavy atom. The van der Waals surface area contributed by atoms with E-state index in [-0.39, 0.29) is 30.3 Å². The summed E-state index contributed by atoms with van der Waals surface area (Å²) in [7, 11) is 5.38. The van der Waals surface area contributed by atoms with E-state index in [0.717, 1.165) is 29.4 Å². The lowest BCUT2D eigenvalue weighted by atomic mass is 9.83. The zero-order valence-electron chi connectivity index (χ0n) is 23.3. The fourth-order valence-electron chi connectivity index (χ4n) is 5.64. The Kier molecular flexibility index (Phi) is 8.20.